The summed E-state index contributed by atoms with van der Waals surface area (Å²) in [5, 5.41) is 0. The van der Waals surface area contributed by atoms with Crippen molar-refractivity contribution in [2.24, 2.45) is 0 Å². The Bertz CT molecular complexity index is 164. The van der Waals surface area contributed by atoms with Crippen LogP contribution in [-0.2, 0) is 0 Å². The minimum Gasteiger partial charge on any atom is -0.348 e. The molecule has 0 aromatic carbocycles. The van der Waals surface area contributed by atoms with E-state index < -0.39 is 0 Å². The first-order valence-electron chi connectivity index (χ1n) is 4.94. The first-order chi connectivity index (χ1) is 5.73. The van der Waals surface area contributed by atoms with Gasteiger partial charge in [0.05, 0.1) is 0 Å². The van der Waals surface area contributed by atoms with E-state index >= 15 is 0 Å². The van der Waals surface area contributed by atoms with Crippen molar-refractivity contribution < 1.29 is 0 Å². The zero-order valence-corrected chi connectivity index (χ0v) is 7.92. The fourth-order valence-electron chi connectivity index (χ4n) is 2.53. The molecule has 0 aromatic rings. The van der Waals surface area contributed by atoms with Crippen molar-refractivity contribution in [3.8, 4) is 0 Å². The zero-order chi connectivity index (χ0) is 8.60. The molecule has 2 rings (SSSR count). The first kappa shape index (κ1) is 8.58. The molecule has 0 unspecified atom stereocenters. The van der Waals surface area contributed by atoms with E-state index in [1.165, 1.54) is 38.8 Å². The van der Waals surface area contributed by atoms with Crippen LogP contribution in [0.3, 0.4) is 0 Å². The van der Waals surface area contributed by atoms with Gasteiger partial charge >= 0.3 is 0 Å². The van der Waals surface area contributed by atoms with E-state index in [0.717, 1.165) is 6.54 Å². The highest BCUT2D eigenvalue weighted by Gasteiger charge is 2.39. The fourth-order valence-corrected chi connectivity index (χ4v) is 2.53. The molecular weight excluding hydrogens is 147 g/mol. The predicted molar refractivity (Wildman–Crippen MR) is 51.2 cm³/mol. The quantitative estimate of drug-likeness (QED) is 0.484. The molecule has 0 amide bonds. The lowest BCUT2D eigenvalue weighted by Gasteiger charge is -2.43. The monoisotopic (exact) mass is 164 g/mol. The van der Waals surface area contributed by atoms with Crippen LogP contribution >= 0.6 is 0 Å². The summed E-state index contributed by atoms with van der Waals surface area (Å²) in [6, 6.07) is 0. The second kappa shape index (κ2) is 3.04. The SMILES string of the molecule is [B]N1CCCC12CCN(C)CC2. The molecule has 0 atom stereocenters. The molecule has 3 heteroatoms. The zero-order valence-electron chi connectivity index (χ0n) is 7.92. The van der Waals surface area contributed by atoms with Crippen LogP contribution < -0.4 is 0 Å². The third-order valence-electron chi connectivity index (χ3n) is 3.57. The molecule has 0 saturated carbocycles. The normalized spacial score (nSPS) is 31.4. The Labute approximate surface area is 76.3 Å². The molecule has 2 nitrogen and oxygen atoms in total. The maximum absolute atomic E-state index is 6.00. The molecule has 0 aliphatic carbocycles. The molecular formula is C9H17BN2. The Balaban J connectivity index is 2.02. The van der Waals surface area contributed by atoms with Crippen molar-refractivity contribution >= 4 is 7.98 Å². The lowest BCUT2D eigenvalue weighted by atomic mass is 9.83. The molecule has 2 fully saturated rings. The molecule has 0 bridgehead atoms. The van der Waals surface area contributed by atoms with Gasteiger partial charge in [0, 0.05) is 5.54 Å². The van der Waals surface area contributed by atoms with Crippen molar-refractivity contribution in [1.82, 2.24) is 9.71 Å². The van der Waals surface area contributed by atoms with Crippen LogP contribution in [0.25, 0.3) is 0 Å². The van der Waals surface area contributed by atoms with Crippen molar-refractivity contribution in [1.29, 1.82) is 0 Å². The van der Waals surface area contributed by atoms with E-state index in [1.807, 2.05) is 0 Å². The number of rotatable bonds is 0. The summed E-state index contributed by atoms with van der Waals surface area (Å²) < 4.78 is 0. The van der Waals surface area contributed by atoms with Gasteiger partial charge in [-0.05, 0) is 52.4 Å². The molecule has 2 aliphatic heterocycles. The largest absolute Gasteiger partial charge is 0.348 e. The van der Waals surface area contributed by atoms with E-state index in [2.05, 4.69) is 16.8 Å². The molecule has 66 valence electrons. The van der Waals surface area contributed by atoms with Crippen LogP contribution in [0, 0.1) is 0 Å². The Hall–Kier alpha value is -0.0151. The molecule has 12 heavy (non-hydrogen) atoms. The third kappa shape index (κ3) is 1.29. The van der Waals surface area contributed by atoms with Gasteiger partial charge in [0.25, 0.3) is 0 Å². The summed E-state index contributed by atoms with van der Waals surface area (Å²) in [6.07, 6.45) is 5.14. The third-order valence-corrected chi connectivity index (χ3v) is 3.57. The summed E-state index contributed by atoms with van der Waals surface area (Å²) >= 11 is 0. The van der Waals surface area contributed by atoms with Crippen molar-refractivity contribution in [2.75, 3.05) is 26.7 Å². The lowest BCUT2D eigenvalue weighted by Crippen LogP contribution is -2.50. The van der Waals surface area contributed by atoms with Crippen molar-refractivity contribution in [2.45, 2.75) is 31.2 Å². The van der Waals surface area contributed by atoms with E-state index in [0.29, 0.717) is 5.54 Å². The minimum absolute atomic E-state index is 0.381. The summed E-state index contributed by atoms with van der Waals surface area (Å²) in [5.41, 5.74) is 0.381. The van der Waals surface area contributed by atoms with Crippen LogP contribution in [-0.4, -0.2) is 49.9 Å². The van der Waals surface area contributed by atoms with Crippen LogP contribution in [0.2, 0.25) is 0 Å². The van der Waals surface area contributed by atoms with E-state index in [-0.39, 0.29) is 0 Å². The maximum atomic E-state index is 6.00. The average molecular weight is 164 g/mol. The Morgan fingerprint density at radius 3 is 2.25 bits per heavy atom. The van der Waals surface area contributed by atoms with E-state index in [1.54, 1.807) is 0 Å². The molecule has 2 saturated heterocycles. The van der Waals surface area contributed by atoms with Crippen molar-refractivity contribution in [3.05, 3.63) is 0 Å². The highest BCUT2D eigenvalue weighted by atomic mass is 15.2. The average Bonchev–Trinajstić information content (AvgIpc) is 2.41. The highest BCUT2D eigenvalue weighted by molar-refractivity contribution is 6.05. The molecule has 2 aliphatic rings. The van der Waals surface area contributed by atoms with Crippen LogP contribution in [0.5, 0.6) is 0 Å². The fraction of sp³-hybridized carbons (Fsp3) is 1.00. The second-order valence-electron chi connectivity index (χ2n) is 4.32. The highest BCUT2D eigenvalue weighted by Crippen LogP contribution is 2.36. The van der Waals surface area contributed by atoms with E-state index in [9.17, 15) is 0 Å². The van der Waals surface area contributed by atoms with Gasteiger partial charge in [-0.1, -0.05) is 0 Å². The van der Waals surface area contributed by atoms with Crippen LogP contribution in [0.15, 0.2) is 0 Å². The van der Waals surface area contributed by atoms with Gasteiger partial charge in [0.2, 0.25) is 0 Å². The number of piperidine rings is 1. The smallest absolute Gasteiger partial charge is 0.183 e. The van der Waals surface area contributed by atoms with Crippen molar-refractivity contribution in [3.63, 3.8) is 0 Å². The lowest BCUT2D eigenvalue weighted by molar-refractivity contribution is 0.120. The second-order valence-corrected chi connectivity index (χ2v) is 4.32. The topological polar surface area (TPSA) is 6.48 Å². The van der Waals surface area contributed by atoms with Crippen LogP contribution in [0.4, 0.5) is 0 Å². The van der Waals surface area contributed by atoms with Gasteiger partial charge in [0.15, 0.2) is 7.98 Å². The van der Waals surface area contributed by atoms with Gasteiger partial charge in [-0.3, -0.25) is 0 Å². The van der Waals surface area contributed by atoms with Gasteiger partial charge in [-0.2, -0.15) is 0 Å². The van der Waals surface area contributed by atoms with Gasteiger partial charge in [-0.15, -0.1) is 0 Å². The number of nitrogens with zero attached hydrogens (tertiary/aromatic N) is 2. The molecule has 0 N–H and O–H groups in total. The Kier molecular flexibility index (Phi) is 2.17. The van der Waals surface area contributed by atoms with Gasteiger partial charge in [-0.25, -0.2) is 0 Å². The van der Waals surface area contributed by atoms with E-state index in [4.69, 9.17) is 7.98 Å². The Morgan fingerprint density at radius 2 is 1.75 bits per heavy atom. The predicted octanol–water partition coefficient (Wildman–Crippen LogP) is 0.630. The van der Waals surface area contributed by atoms with Crippen LogP contribution in [0.1, 0.15) is 25.7 Å². The van der Waals surface area contributed by atoms with Gasteiger partial charge in [0.1, 0.15) is 0 Å². The number of likely N-dealkylation sites (tertiary alicyclic amines) is 1. The molecule has 1 spiro atoms. The first-order valence-corrected chi connectivity index (χ1v) is 4.94. The summed E-state index contributed by atoms with van der Waals surface area (Å²) in [5.74, 6) is 0. The Morgan fingerprint density at radius 1 is 1.08 bits per heavy atom. The molecule has 2 radical (unpaired) electrons. The van der Waals surface area contributed by atoms with Gasteiger partial charge < -0.3 is 9.71 Å². The summed E-state index contributed by atoms with van der Waals surface area (Å²) in [6.45, 7) is 3.53. The summed E-state index contributed by atoms with van der Waals surface area (Å²) in [7, 11) is 8.20. The molecule has 2 heterocycles. The molecule has 0 aromatic heterocycles. The number of hydrogen-bond donors (Lipinski definition) is 0. The summed E-state index contributed by atoms with van der Waals surface area (Å²) in [4.78, 5) is 4.50. The number of hydrogen-bond acceptors (Lipinski definition) is 2. The minimum atomic E-state index is 0.381. The maximum Gasteiger partial charge on any atom is 0.183 e. The standard InChI is InChI=1S/C9H17BN2/c1-11-7-4-9(5-8-11)3-2-6-12(9)10/h2-8H2,1H3.